The molecule has 1 aliphatic carbocycles. The summed E-state index contributed by atoms with van der Waals surface area (Å²) < 4.78 is 8.21. The van der Waals surface area contributed by atoms with Gasteiger partial charge >= 0.3 is 0 Å². The fourth-order valence-corrected chi connectivity index (χ4v) is 8.49. The molecule has 1 unspecified atom stereocenters. The molecular weight excluding hydrogens is 767 g/mol. The quantitative estimate of drug-likeness (QED) is 0.116. The summed E-state index contributed by atoms with van der Waals surface area (Å²) in [5.41, 5.74) is 5.01. The molecule has 3 aliphatic heterocycles. The Balaban J connectivity index is 0.725. The van der Waals surface area contributed by atoms with Gasteiger partial charge in [-0.25, -0.2) is 19.9 Å². The molecule has 0 bridgehead atoms. The summed E-state index contributed by atoms with van der Waals surface area (Å²) in [5.74, 6) is -0.733. The third kappa shape index (κ3) is 7.75. The number of nitrogens with one attached hydrogen (secondary N) is 3. The average Bonchev–Trinajstić information content (AvgIpc) is 3.78. The Bertz CT molecular complexity index is 2490. The standard InChI is InChI=1S/C43H45N11O6/c1-26-6-2-10-32(48-26)40(56)49-28-21-29(22-28)53-25-47-37-38(45-24-46-39(37)53)44-23-27-7-3-8-30(20-27)60-19-5-14-51-15-17-52(18-16-51)33-11-4-9-31-36(33)43(59)54(42(31)58)34-12-13-35(55)50-41(34)57/h2-4,6-11,20,24-25,28-29,34H,5,12-19,21-23H2,1H3,(H,49,56)(H,44,45,46)(H,50,55,57). The minimum atomic E-state index is -0.992. The minimum Gasteiger partial charge on any atom is -0.494 e. The molecule has 17 heteroatoms. The maximum atomic E-state index is 13.6. The lowest BCUT2D eigenvalue weighted by molar-refractivity contribution is -0.136. The van der Waals surface area contributed by atoms with Crippen LogP contribution in [0.3, 0.4) is 0 Å². The first-order valence-electron chi connectivity index (χ1n) is 20.4. The van der Waals surface area contributed by atoms with E-state index in [1.54, 1.807) is 30.9 Å². The molecule has 0 radical (unpaired) electrons. The average molecular weight is 812 g/mol. The van der Waals surface area contributed by atoms with Crippen molar-refractivity contribution in [3.63, 3.8) is 0 Å². The van der Waals surface area contributed by atoms with E-state index in [9.17, 15) is 24.0 Å². The molecule has 1 atom stereocenters. The molecule has 6 heterocycles. The van der Waals surface area contributed by atoms with Gasteiger partial charge in [-0.3, -0.25) is 39.1 Å². The van der Waals surface area contributed by atoms with Gasteiger partial charge < -0.3 is 24.8 Å². The van der Waals surface area contributed by atoms with Crippen molar-refractivity contribution in [1.29, 1.82) is 0 Å². The number of fused-ring (bicyclic) bond motifs is 2. The van der Waals surface area contributed by atoms with Gasteiger partial charge in [0, 0.05) is 63.5 Å². The highest BCUT2D eigenvalue weighted by Crippen LogP contribution is 2.36. The second kappa shape index (κ2) is 16.5. The van der Waals surface area contributed by atoms with E-state index in [4.69, 9.17) is 4.74 Å². The largest absolute Gasteiger partial charge is 0.494 e. The molecule has 4 aliphatic rings. The molecule has 60 heavy (non-hydrogen) atoms. The normalized spacial score (nSPS) is 20.5. The topological polar surface area (TPSA) is 197 Å². The van der Waals surface area contributed by atoms with E-state index in [2.05, 4.69) is 50.3 Å². The molecule has 2 aromatic carbocycles. The van der Waals surface area contributed by atoms with Crippen LogP contribution in [0.1, 0.15) is 80.6 Å². The number of carbonyl (C=O) groups is 5. The lowest BCUT2D eigenvalue weighted by Crippen LogP contribution is -2.54. The highest BCUT2D eigenvalue weighted by Gasteiger charge is 2.46. The zero-order valence-corrected chi connectivity index (χ0v) is 33.2. The molecule has 2 saturated heterocycles. The van der Waals surface area contributed by atoms with Gasteiger partial charge in [0.05, 0.1) is 29.7 Å². The van der Waals surface area contributed by atoms with E-state index >= 15 is 0 Å². The predicted molar refractivity (Wildman–Crippen MR) is 219 cm³/mol. The molecule has 3 aromatic heterocycles. The second-order valence-corrected chi connectivity index (χ2v) is 15.7. The number of rotatable bonds is 13. The third-order valence-corrected chi connectivity index (χ3v) is 11.7. The van der Waals surface area contributed by atoms with Crippen LogP contribution >= 0.6 is 0 Å². The van der Waals surface area contributed by atoms with E-state index in [0.29, 0.717) is 60.1 Å². The van der Waals surface area contributed by atoms with Gasteiger partial charge in [0.1, 0.15) is 29.3 Å². The van der Waals surface area contributed by atoms with Gasteiger partial charge in [-0.05, 0) is 74.6 Å². The van der Waals surface area contributed by atoms with Crippen molar-refractivity contribution in [2.75, 3.05) is 49.5 Å². The number of aryl methyl sites for hydroxylation is 1. The van der Waals surface area contributed by atoms with Gasteiger partial charge in [-0.15, -0.1) is 0 Å². The number of hydrogen-bond acceptors (Lipinski definition) is 13. The molecule has 308 valence electrons. The maximum absolute atomic E-state index is 13.6. The SMILES string of the molecule is Cc1cccc(C(=O)NC2CC(n3cnc4c(NCc5cccc(OCCCN6CCN(c7cccc8c7C(=O)N(C7CCC(=O)NC7=O)C8=O)CC6)c5)ncnc43)C2)n1. The molecule has 3 fully saturated rings. The molecule has 5 aromatic rings. The van der Waals surface area contributed by atoms with Crippen LogP contribution in [-0.4, -0.2) is 115 Å². The summed E-state index contributed by atoms with van der Waals surface area (Å²) in [7, 11) is 0. The van der Waals surface area contributed by atoms with Crippen LogP contribution in [-0.2, 0) is 16.1 Å². The summed E-state index contributed by atoms with van der Waals surface area (Å²) >= 11 is 0. The molecule has 9 rings (SSSR count). The molecule has 5 amide bonds. The highest BCUT2D eigenvalue weighted by molar-refractivity contribution is 6.25. The van der Waals surface area contributed by atoms with E-state index < -0.39 is 29.7 Å². The number of imide groups is 2. The molecule has 1 saturated carbocycles. The van der Waals surface area contributed by atoms with Crippen LogP contribution in [0.25, 0.3) is 11.2 Å². The highest BCUT2D eigenvalue weighted by atomic mass is 16.5. The fraction of sp³-hybridized carbons (Fsp3) is 0.372. The number of imidazole rings is 1. The van der Waals surface area contributed by atoms with E-state index in [1.165, 1.54) is 0 Å². The molecule has 17 nitrogen and oxygen atoms in total. The summed E-state index contributed by atoms with van der Waals surface area (Å²) in [5, 5.41) is 8.76. The van der Waals surface area contributed by atoms with Crippen LogP contribution < -0.4 is 25.6 Å². The number of carbonyl (C=O) groups excluding carboxylic acids is 5. The Labute approximate surface area is 345 Å². The first kappa shape index (κ1) is 38.8. The first-order chi connectivity index (χ1) is 29.2. The van der Waals surface area contributed by atoms with Crippen molar-refractivity contribution in [2.24, 2.45) is 0 Å². The van der Waals surface area contributed by atoms with Gasteiger partial charge in [-0.2, -0.15) is 0 Å². The van der Waals surface area contributed by atoms with E-state index in [1.807, 2.05) is 49.4 Å². The van der Waals surface area contributed by atoms with E-state index in [0.717, 1.165) is 66.5 Å². The number of amides is 5. The van der Waals surface area contributed by atoms with Crippen molar-refractivity contribution >= 4 is 52.2 Å². The number of ether oxygens (including phenoxy) is 1. The van der Waals surface area contributed by atoms with Crippen LogP contribution in [0.4, 0.5) is 11.5 Å². The summed E-state index contributed by atoms with van der Waals surface area (Å²) in [6.45, 7) is 6.71. The van der Waals surface area contributed by atoms with Gasteiger partial charge in [0.15, 0.2) is 11.5 Å². The van der Waals surface area contributed by atoms with Gasteiger partial charge in [0.2, 0.25) is 11.8 Å². The number of pyridine rings is 1. The zero-order valence-electron chi connectivity index (χ0n) is 33.2. The maximum Gasteiger partial charge on any atom is 0.270 e. The monoisotopic (exact) mass is 811 g/mol. The third-order valence-electron chi connectivity index (χ3n) is 11.7. The number of anilines is 2. The number of aromatic nitrogens is 5. The van der Waals surface area contributed by atoms with Crippen molar-refractivity contribution in [1.82, 2.24) is 44.9 Å². The second-order valence-electron chi connectivity index (χ2n) is 15.7. The van der Waals surface area contributed by atoms with Gasteiger partial charge in [0.25, 0.3) is 17.7 Å². The summed E-state index contributed by atoms with van der Waals surface area (Å²) in [4.78, 5) is 87.2. The van der Waals surface area contributed by atoms with Crippen LogP contribution in [0.2, 0.25) is 0 Å². The van der Waals surface area contributed by atoms with Crippen molar-refractivity contribution in [3.8, 4) is 5.75 Å². The van der Waals surface area contributed by atoms with Crippen LogP contribution in [0, 0.1) is 6.92 Å². The lowest BCUT2D eigenvalue weighted by Gasteiger charge is -2.36. The Morgan fingerprint density at radius 1 is 0.933 bits per heavy atom. The molecular formula is C43H45N11O6. The summed E-state index contributed by atoms with van der Waals surface area (Å²) in [6, 6.07) is 17.9. The number of piperazine rings is 1. The predicted octanol–water partition coefficient (Wildman–Crippen LogP) is 3.27. The number of piperidine rings is 1. The zero-order chi connectivity index (χ0) is 41.3. The van der Waals surface area contributed by atoms with Crippen molar-refractivity contribution < 1.29 is 28.7 Å². The fourth-order valence-electron chi connectivity index (χ4n) is 8.49. The first-order valence-corrected chi connectivity index (χ1v) is 20.4. The summed E-state index contributed by atoms with van der Waals surface area (Å²) in [6.07, 6.45) is 5.92. The Morgan fingerprint density at radius 2 is 1.75 bits per heavy atom. The molecule has 0 spiro atoms. The number of benzene rings is 2. The van der Waals surface area contributed by atoms with E-state index in [-0.39, 0.29) is 30.8 Å². The lowest BCUT2D eigenvalue weighted by atomic mass is 9.86. The Hall–Kier alpha value is -6.75. The van der Waals surface area contributed by atoms with Gasteiger partial charge in [-0.1, -0.05) is 24.3 Å². The number of hydrogen-bond donors (Lipinski definition) is 3. The Kier molecular flexibility index (Phi) is 10.6. The smallest absolute Gasteiger partial charge is 0.270 e. The van der Waals surface area contributed by atoms with Crippen molar-refractivity contribution in [2.45, 2.75) is 63.7 Å². The van der Waals surface area contributed by atoms with Crippen LogP contribution in [0.15, 0.2) is 73.3 Å². The van der Waals surface area contributed by atoms with Crippen LogP contribution in [0.5, 0.6) is 5.75 Å². The van der Waals surface area contributed by atoms with Crippen molar-refractivity contribution in [3.05, 3.63) is 101 Å². The minimum absolute atomic E-state index is 0.0568. The Morgan fingerprint density at radius 3 is 2.57 bits per heavy atom. The number of nitrogens with zero attached hydrogens (tertiary/aromatic N) is 8. The molecule has 3 N–H and O–H groups in total.